The smallest absolute Gasteiger partial charge is 0.191 e. The molecule has 6 nitrogen and oxygen atoms in total. The van der Waals surface area contributed by atoms with Crippen LogP contribution in [0.25, 0.3) is 0 Å². The number of benzene rings is 1. The molecule has 0 unspecified atom stereocenters. The number of nitrogens with one attached hydrogen (secondary N) is 2. The van der Waals surface area contributed by atoms with E-state index in [-0.39, 0.29) is 29.4 Å². The van der Waals surface area contributed by atoms with E-state index in [1.165, 1.54) is 24.8 Å². The third-order valence-electron chi connectivity index (χ3n) is 5.22. The van der Waals surface area contributed by atoms with E-state index in [9.17, 15) is 0 Å². The number of guanidine groups is 1. The lowest BCUT2D eigenvalue weighted by atomic mass is 9.64. The summed E-state index contributed by atoms with van der Waals surface area (Å²) in [5.41, 5.74) is 1.61. The average molecular weight is 547 g/mol. The molecule has 8 heteroatoms. The van der Waals surface area contributed by atoms with Crippen LogP contribution in [0.5, 0.6) is 0 Å². The molecule has 0 amide bonds. The minimum absolute atomic E-state index is 0. The lowest BCUT2D eigenvalue weighted by Gasteiger charge is -2.43. The highest BCUT2D eigenvalue weighted by Gasteiger charge is 2.38. The molecule has 27 heavy (non-hydrogen) atoms. The van der Waals surface area contributed by atoms with E-state index in [1.54, 1.807) is 6.33 Å². The summed E-state index contributed by atoms with van der Waals surface area (Å²) in [4.78, 5) is 4.37. The quantitative estimate of drug-likeness (QED) is 0.317. The molecule has 0 radical (unpaired) electrons. The minimum atomic E-state index is 0. The van der Waals surface area contributed by atoms with E-state index in [0.29, 0.717) is 0 Å². The SMILES string of the molecule is CCc1nncn1CCNC(=NC)NCC1(c2cccc(Br)c2)CCC1.I. The Bertz CT molecular complexity index is 756. The van der Waals surface area contributed by atoms with Gasteiger partial charge in [0.1, 0.15) is 12.2 Å². The fourth-order valence-corrected chi connectivity index (χ4v) is 3.90. The van der Waals surface area contributed by atoms with Crippen LogP contribution in [0, 0.1) is 0 Å². The summed E-state index contributed by atoms with van der Waals surface area (Å²) in [5, 5.41) is 15.0. The van der Waals surface area contributed by atoms with Crippen molar-refractivity contribution in [3.8, 4) is 0 Å². The van der Waals surface area contributed by atoms with Crippen LogP contribution < -0.4 is 10.6 Å². The van der Waals surface area contributed by atoms with Gasteiger partial charge in [-0.2, -0.15) is 0 Å². The molecule has 1 aromatic heterocycles. The van der Waals surface area contributed by atoms with Crippen molar-refractivity contribution in [3.63, 3.8) is 0 Å². The predicted octanol–water partition coefficient (Wildman–Crippen LogP) is 3.51. The van der Waals surface area contributed by atoms with Crippen molar-refractivity contribution in [1.82, 2.24) is 25.4 Å². The van der Waals surface area contributed by atoms with Crippen LogP contribution in [0.1, 0.15) is 37.6 Å². The molecule has 1 aliphatic rings. The topological polar surface area (TPSA) is 67.1 Å². The van der Waals surface area contributed by atoms with Gasteiger partial charge in [0, 0.05) is 43.0 Å². The zero-order valence-corrected chi connectivity index (χ0v) is 19.8. The Morgan fingerprint density at radius 1 is 1.33 bits per heavy atom. The Morgan fingerprint density at radius 3 is 2.78 bits per heavy atom. The molecule has 1 heterocycles. The van der Waals surface area contributed by atoms with Gasteiger partial charge in [0.05, 0.1) is 0 Å². The molecule has 1 aliphatic carbocycles. The standard InChI is InChI=1S/C19H27BrN6.HI/c1-3-17-25-24-14-26(17)11-10-22-18(21-2)23-13-19(8-5-9-19)15-6-4-7-16(20)12-15;/h4,6-7,12,14H,3,5,8-11,13H2,1-2H3,(H2,21,22,23);1H. The Kier molecular flexibility index (Phi) is 8.53. The summed E-state index contributed by atoms with van der Waals surface area (Å²) in [6, 6.07) is 8.69. The van der Waals surface area contributed by atoms with Gasteiger partial charge in [0.25, 0.3) is 0 Å². The monoisotopic (exact) mass is 546 g/mol. The lowest BCUT2D eigenvalue weighted by Crippen LogP contribution is -2.49. The van der Waals surface area contributed by atoms with E-state index in [1.807, 2.05) is 7.05 Å². The number of aliphatic imine (C=N–C) groups is 1. The van der Waals surface area contributed by atoms with E-state index in [0.717, 1.165) is 42.3 Å². The largest absolute Gasteiger partial charge is 0.356 e. The van der Waals surface area contributed by atoms with E-state index >= 15 is 0 Å². The minimum Gasteiger partial charge on any atom is -0.356 e. The van der Waals surface area contributed by atoms with Gasteiger partial charge in [-0.05, 0) is 30.5 Å². The zero-order chi connectivity index (χ0) is 18.4. The van der Waals surface area contributed by atoms with Crippen LogP contribution in [0.4, 0.5) is 0 Å². The van der Waals surface area contributed by atoms with Crippen LogP contribution in [0.2, 0.25) is 0 Å². The maximum atomic E-state index is 4.37. The summed E-state index contributed by atoms with van der Waals surface area (Å²) in [7, 11) is 1.82. The molecule has 0 saturated heterocycles. The second kappa shape index (κ2) is 10.4. The van der Waals surface area contributed by atoms with E-state index in [2.05, 4.69) is 77.5 Å². The highest BCUT2D eigenvalue weighted by molar-refractivity contribution is 14.0. The molecule has 1 aromatic carbocycles. The van der Waals surface area contributed by atoms with Crippen LogP contribution in [-0.2, 0) is 18.4 Å². The summed E-state index contributed by atoms with van der Waals surface area (Å²) in [5.74, 6) is 1.86. The summed E-state index contributed by atoms with van der Waals surface area (Å²) >= 11 is 3.60. The van der Waals surface area contributed by atoms with Gasteiger partial charge in [-0.25, -0.2) is 0 Å². The first-order valence-corrected chi connectivity index (χ1v) is 10.0. The van der Waals surface area contributed by atoms with Gasteiger partial charge in [-0.3, -0.25) is 4.99 Å². The van der Waals surface area contributed by atoms with Crippen LogP contribution in [-0.4, -0.2) is 40.9 Å². The van der Waals surface area contributed by atoms with Crippen LogP contribution in [0.15, 0.2) is 40.1 Å². The Morgan fingerprint density at radius 2 is 2.15 bits per heavy atom. The summed E-state index contributed by atoms with van der Waals surface area (Å²) in [6.07, 6.45) is 6.39. The fraction of sp³-hybridized carbons (Fsp3) is 0.526. The highest BCUT2D eigenvalue weighted by Crippen LogP contribution is 2.43. The van der Waals surface area contributed by atoms with Crippen molar-refractivity contribution in [1.29, 1.82) is 0 Å². The molecule has 0 aliphatic heterocycles. The van der Waals surface area contributed by atoms with Crippen molar-refractivity contribution in [2.24, 2.45) is 4.99 Å². The molecule has 3 rings (SSSR count). The first kappa shape index (κ1) is 22.1. The third-order valence-corrected chi connectivity index (χ3v) is 5.72. The first-order chi connectivity index (χ1) is 12.7. The van der Waals surface area contributed by atoms with Gasteiger partial charge in [-0.15, -0.1) is 34.2 Å². The number of aryl methyl sites for hydroxylation is 1. The number of rotatable bonds is 7. The molecule has 0 atom stereocenters. The summed E-state index contributed by atoms with van der Waals surface area (Å²) < 4.78 is 3.22. The third kappa shape index (κ3) is 5.43. The number of halogens is 2. The maximum absolute atomic E-state index is 4.37. The summed E-state index contributed by atoms with van der Waals surface area (Å²) in [6.45, 7) is 4.60. The lowest BCUT2D eigenvalue weighted by molar-refractivity contribution is 0.243. The van der Waals surface area contributed by atoms with Gasteiger partial charge in [0.15, 0.2) is 5.96 Å². The van der Waals surface area contributed by atoms with Crippen molar-refractivity contribution < 1.29 is 0 Å². The van der Waals surface area contributed by atoms with Crippen LogP contribution >= 0.6 is 39.9 Å². The van der Waals surface area contributed by atoms with E-state index in [4.69, 9.17) is 0 Å². The van der Waals surface area contributed by atoms with Gasteiger partial charge in [-0.1, -0.05) is 41.4 Å². The van der Waals surface area contributed by atoms with Crippen molar-refractivity contribution >= 4 is 45.9 Å². The van der Waals surface area contributed by atoms with Gasteiger partial charge in [0.2, 0.25) is 0 Å². The predicted molar refractivity (Wildman–Crippen MR) is 124 cm³/mol. The van der Waals surface area contributed by atoms with Gasteiger partial charge < -0.3 is 15.2 Å². The van der Waals surface area contributed by atoms with Gasteiger partial charge >= 0.3 is 0 Å². The zero-order valence-electron chi connectivity index (χ0n) is 15.9. The van der Waals surface area contributed by atoms with E-state index < -0.39 is 0 Å². The molecular formula is C19H28BrIN6. The molecule has 148 valence electrons. The van der Waals surface area contributed by atoms with Crippen molar-refractivity contribution in [2.45, 2.75) is 44.6 Å². The van der Waals surface area contributed by atoms with Crippen molar-refractivity contribution in [2.75, 3.05) is 20.1 Å². The highest BCUT2D eigenvalue weighted by atomic mass is 127. The maximum Gasteiger partial charge on any atom is 0.191 e. The second-order valence-corrected chi connectivity index (χ2v) is 7.71. The molecule has 2 aromatic rings. The Balaban J connectivity index is 0.00000261. The number of nitrogens with zero attached hydrogens (tertiary/aromatic N) is 4. The number of hydrogen-bond donors (Lipinski definition) is 2. The Labute approximate surface area is 186 Å². The molecule has 1 fully saturated rings. The molecule has 1 saturated carbocycles. The molecule has 0 bridgehead atoms. The first-order valence-electron chi connectivity index (χ1n) is 9.24. The molecule has 2 N–H and O–H groups in total. The van der Waals surface area contributed by atoms with Crippen molar-refractivity contribution in [3.05, 3.63) is 46.5 Å². The molecule has 0 spiro atoms. The number of hydrogen-bond acceptors (Lipinski definition) is 3. The Hall–Kier alpha value is -1.16. The average Bonchev–Trinajstić information content (AvgIpc) is 3.06. The normalized spacial score (nSPS) is 15.6. The van der Waals surface area contributed by atoms with Crippen LogP contribution in [0.3, 0.4) is 0 Å². The molecular weight excluding hydrogens is 519 g/mol. The second-order valence-electron chi connectivity index (χ2n) is 6.79. The number of aromatic nitrogens is 3. The fourth-order valence-electron chi connectivity index (χ4n) is 3.50.